The molecule has 0 aliphatic rings. The largest absolute Gasteiger partial charge is 0.450 e. The van der Waals surface area contributed by atoms with Crippen molar-refractivity contribution < 1.29 is 19.1 Å². The molecular weight excluding hydrogens is 463 g/mol. The van der Waals surface area contributed by atoms with E-state index in [-0.39, 0.29) is 39.5 Å². The number of aromatic nitrogens is 2. The number of imide groups is 1. The van der Waals surface area contributed by atoms with E-state index in [4.69, 9.17) is 33.2 Å². The fourth-order valence-electron chi connectivity index (χ4n) is 2.25. The molecular formula is C19H18Cl2N6O5. The van der Waals surface area contributed by atoms with E-state index in [1.807, 2.05) is 12.2 Å². The molecule has 32 heavy (non-hydrogen) atoms. The van der Waals surface area contributed by atoms with Gasteiger partial charge in [0.25, 0.3) is 11.5 Å². The number of hydrazone groups is 1. The molecule has 0 spiro atoms. The zero-order valence-corrected chi connectivity index (χ0v) is 18.5. The van der Waals surface area contributed by atoms with Gasteiger partial charge in [-0.1, -0.05) is 30.1 Å². The van der Waals surface area contributed by atoms with Crippen LogP contribution in [0.15, 0.2) is 34.2 Å². The molecule has 1 aromatic heterocycles. The monoisotopic (exact) mass is 480 g/mol. The molecule has 1 heterocycles. The van der Waals surface area contributed by atoms with Crippen LogP contribution >= 0.6 is 23.2 Å². The lowest BCUT2D eigenvalue weighted by Crippen LogP contribution is -2.36. The minimum Gasteiger partial charge on any atom is -0.450 e. The molecule has 0 fully saturated rings. The Morgan fingerprint density at radius 1 is 1.25 bits per heavy atom. The van der Waals surface area contributed by atoms with Gasteiger partial charge in [0, 0.05) is 18.7 Å². The van der Waals surface area contributed by atoms with Crippen molar-refractivity contribution in [3.63, 3.8) is 0 Å². The number of benzene rings is 1. The molecule has 0 bridgehead atoms. The highest BCUT2D eigenvalue weighted by Gasteiger charge is 2.16. The van der Waals surface area contributed by atoms with Gasteiger partial charge in [0.15, 0.2) is 5.75 Å². The van der Waals surface area contributed by atoms with Crippen LogP contribution in [0.5, 0.6) is 11.6 Å². The number of nitrogens with zero attached hydrogens (tertiary/aromatic N) is 4. The van der Waals surface area contributed by atoms with Gasteiger partial charge in [0.05, 0.1) is 22.3 Å². The Labute approximate surface area is 192 Å². The van der Waals surface area contributed by atoms with Gasteiger partial charge in [-0.25, -0.2) is 9.48 Å². The minimum absolute atomic E-state index is 0.0525. The molecule has 2 amide bonds. The Bertz CT molecular complexity index is 1120. The second kappa shape index (κ2) is 11.7. The summed E-state index contributed by atoms with van der Waals surface area (Å²) in [7, 11) is 0. The van der Waals surface area contributed by atoms with Gasteiger partial charge in [0.2, 0.25) is 11.6 Å². The van der Waals surface area contributed by atoms with Crippen LogP contribution in [0.25, 0.3) is 0 Å². The SMILES string of the molecule is CCCn1nc(Oc2c(Cl)cc(NN=C(C#N)C(=O)NC(=O)OCC)cc2Cl)ccc1=O. The number of ether oxygens (including phenoxy) is 2. The zero-order valence-electron chi connectivity index (χ0n) is 17.0. The van der Waals surface area contributed by atoms with E-state index in [1.165, 1.54) is 28.9 Å². The van der Waals surface area contributed by atoms with Crippen LogP contribution in [0, 0.1) is 11.3 Å². The number of carbonyl (C=O) groups is 2. The van der Waals surface area contributed by atoms with Crippen LogP contribution in [0.1, 0.15) is 20.3 Å². The van der Waals surface area contributed by atoms with E-state index < -0.39 is 17.7 Å². The average molecular weight is 481 g/mol. The molecule has 0 saturated heterocycles. The Morgan fingerprint density at radius 2 is 1.94 bits per heavy atom. The maximum Gasteiger partial charge on any atom is 0.414 e. The molecule has 1 aromatic carbocycles. The zero-order chi connectivity index (χ0) is 23.7. The van der Waals surface area contributed by atoms with Crippen LogP contribution in [0.3, 0.4) is 0 Å². The number of carbonyl (C=O) groups excluding carboxylic acids is 2. The summed E-state index contributed by atoms with van der Waals surface area (Å²) >= 11 is 12.5. The van der Waals surface area contributed by atoms with Crippen molar-refractivity contribution in [2.45, 2.75) is 26.8 Å². The molecule has 0 aliphatic carbocycles. The predicted octanol–water partition coefficient (Wildman–Crippen LogP) is 3.32. The standard InChI is InChI=1S/C19H18Cl2N6O5/c1-3-7-27-16(28)6-5-15(26-27)32-17-12(20)8-11(9-13(17)21)24-25-14(10-22)18(29)23-19(30)31-4-2/h5-6,8-9,24H,3-4,7H2,1-2H3,(H,23,29,30). The lowest BCUT2D eigenvalue weighted by molar-refractivity contribution is -0.114. The van der Waals surface area contributed by atoms with Crippen molar-refractivity contribution in [1.29, 1.82) is 5.26 Å². The molecule has 0 radical (unpaired) electrons. The molecule has 0 aliphatic heterocycles. The average Bonchev–Trinajstić information content (AvgIpc) is 2.73. The summed E-state index contributed by atoms with van der Waals surface area (Å²) in [5.41, 5.74) is 1.78. The third-order valence-corrected chi connectivity index (χ3v) is 4.15. The normalized spacial score (nSPS) is 10.8. The van der Waals surface area contributed by atoms with Crippen molar-refractivity contribution >= 4 is 46.6 Å². The maximum absolute atomic E-state index is 11.9. The number of halogens is 2. The molecule has 11 nitrogen and oxygen atoms in total. The molecule has 0 atom stereocenters. The molecule has 0 unspecified atom stereocenters. The van der Waals surface area contributed by atoms with E-state index in [0.717, 1.165) is 0 Å². The van der Waals surface area contributed by atoms with Crippen LogP contribution in [0.2, 0.25) is 10.0 Å². The summed E-state index contributed by atoms with van der Waals surface area (Å²) in [6.45, 7) is 3.94. The van der Waals surface area contributed by atoms with Crippen molar-refractivity contribution in [2.75, 3.05) is 12.0 Å². The highest BCUT2D eigenvalue weighted by molar-refractivity contribution is 6.47. The highest BCUT2D eigenvalue weighted by atomic mass is 35.5. The lowest BCUT2D eigenvalue weighted by Gasteiger charge is -2.12. The summed E-state index contributed by atoms with van der Waals surface area (Å²) in [5.74, 6) is -0.857. The second-order valence-corrected chi connectivity index (χ2v) is 6.78. The number of hydrogen-bond donors (Lipinski definition) is 2. The number of hydrogen-bond acceptors (Lipinski definition) is 9. The fourth-order valence-corrected chi connectivity index (χ4v) is 2.81. The van der Waals surface area contributed by atoms with Gasteiger partial charge < -0.3 is 9.47 Å². The first-order valence-electron chi connectivity index (χ1n) is 9.26. The van der Waals surface area contributed by atoms with Crippen molar-refractivity contribution in [2.24, 2.45) is 5.10 Å². The number of anilines is 1. The molecule has 2 aromatic rings. The molecule has 2 N–H and O–H groups in total. The topological polar surface area (TPSA) is 148 Å². The number of amides is 2. The number of nitrogens with one attached hydrogen (secondary N) is 2. The molecule has 2 rings (SSSR count). The van der Waals surface area contributed by atoms with E-state index >= 15 is 0 Å². The number of aryl methyl sites for hydroxylation is 1. The smallest absolute Gasteiger partial charge is 0.414 e. The first-order chi connectivity index (χ1) is 15.3. The second-order valence-electron chi connectivity index (χ2n) is 5.96. The van der Waals surface area contributed by atoms with Crippen LogP contribution in [0.4, 0.5) is 10.5 Å². The quantitative estimate of drug-likeness (QED) is 0.431. The van der Waals surface area contributed by atoms with E-state index in [2.05, 4.69) is 20.4 Å². The molecule has 0 saturated carbocycles. The van der Waals surface area contributed by atoms with Crippen LogP contribution < -0.4 is 21.0 Å². The van der Waals surface area contributed by atoms with Gasteiger partial charge >= 0.3 is 6.09 Å². The number of alkyl carbamates (subject to hydrolysis) is 1. The molecule has 13 heteroatoms. The van der Waals surface area contributed by atoms with Crippen molar-refractivity contribution in [3.8, 4) is 17.7 Å². The summed E-state index contributed by atoms with van der Waals surface area (Å²) in [6, 6.07) is 7.02. The van der Waals surface area contributed by atoms with E-state index in [1.54, 1.807) is 13.0 Å². The Hall–Kier alpha value is -3.62. The maximum atomic E-state index is 11.9. The minimum atomic E-state index is -1.05. The van der Waals surface area contributed by atoms with Crippen molar-refractivity contribution in [3.05, 3.63) is 44.7 Å². The summed E-state index contributed by atoms with van der Waals surface area (Å²) in [4.78, 5) is 34.9. The first kappa shape index (κ1) is 24.6. The molecule has 168 valence electrons. The van der Waals surface area contributed by atoms with Crippen LogP contribution in [-0.4, -0.2) is 34.1 Å². The van der Waals surface area contributed by atoms with E-state index in [9.17, 15) is 14.4 Å². The number of rotatable bonds is 8. The Morgan fingerprint density at radius 3 is 2.53 bits per heavy atom. The van der Waals surface area contributed by atoms with Gasteiger partial charge in [-0.05, 0) is 25.5 Å². The predicted molar refractivity (Wildman–Crippen MR) is 117 cm³/mol. The third kappa shape index (κ3) is 6.69. The first-order valence-corrected chi connectivity index (χ1v) is 10.0. The van der Waals surface area contributed by atoms with Gasteiger partial charge in [-0.3, -0.25) is 20.3 Å². The summed E-state index contributed by atoms with van der Waals surface area (Å²) in [6.07, 6.45) is -0.298. The van der Waals surface area contributed by atoms with Gasteiger partial charge in [0.1, 0.15) is 6.07 Å². The van der Waals surface area contributed by atoms with Crippen molar-refractivity contribution in [1.82, 2.24) is 15.1 Å². The Kier molecular flexibility index (Phi) is 9.00. The van der Waals surface area contributed by atoms with Gasteiger partial charge in [-0.15, -0.1) is 5.10 Å². The number of nitriles is 1. The van der Waals surface area contributed by atoms with E-state index in [0.29, 0.717) is 13.0 Å². The highest BCUT2D eigenvalue weighted by Crippen LogP contribution is 2.38. The summed E-state index contributed by atoms with van der Waals surface area (Å²) in [5, 5.41) is 18.8. The summed E-state index contributed by atoms with van der Waals surface area (Å²) < 4.78 is 11.4. The van der Waals surface area contributed by atoms with Crippen LogP contribution in [-0.2, 0) is 16.1 Å². The lowest BCUT2D eigenvalue weighted by atomic mass is 10.3. The fraction of sp³-hybridized carbons (Fsp3) is 0.263. The third-order valence-electron chi connectivity index (χ3n) is 3.59. The Balaban J connectivity index is 2.18. The van der Waals surface area contributed by atoms with Gasteiger partial charge in [-0.2, -0.15) is 10.4 Å².